The summed E-state index contributed by atoms with van der Waals surface area (Å²) in [5.74, 6) is 0.500. The molecule has 8 heteroatoms. The first-order valence-corrected chi connectivity index (χ1v) is 10.3. The van der Waals surface area contributed by atoms with Gasteiger partial charge in [0.25, 0.3) is 0 Å². The van der Waals surface area contributed by atoms with Gasteiger partial charge in [0.1, 0.15) is 0 Å². The van der Waals surface area contributed by atoms with Gasteiger partial charge in [-0.2, -0.15) is 0 Å². The van der Waals surface area contributed by atoms with E-state index in [0.717, 1.165) is 12.8 Å². The largest absolute Gasteiger partial charge is 0.353 e. The van der Waals surface area contributed by atoms with Crippen molar-refractivity contribution in [1.82, 2.24) is 10.3 Å². The van der Waals surface area contributed by atoms with E-state index < -0.39 is 6.03 Å². The van der Waals surface area contributed by atoms with Gasteiger partial charge in [-0.15, -0.1) is 11.3 Å². The number of urea groups is 1. The molecule has 0 saturated heterocycles. The van der Waals surface area contributed by atoms with E-state index in [1.807, 2.05) is 0 Å². The monoisotopic (exact) mass is 406 g/mol. The molecular formula is C19H23ClN4O2S. The number of carbonyl (C=O) groups is 2. The number of benzene rings is 1. The third-order valence-electron chi connectivity index (χ3n) is 4.65. The van der Waals surface area contributed by atoms with Gasteiger partial charge in [0.05, 0.1) is 12.1 Å². The maximum Gasteiger partial charge on any atom is 0.325 e. The second kappa shape index (κ2) is 9.19. The van der Waals surface area contributed by atoms with Crippen molar-refractivity contribution in [3.8, 4) is 0 Å². The quantitative estimate of drug-likeness (QED) is 0.674. The van der Waals surface area contributed by atoms with E-state index in [1.165, 1.54) is 24.2 Å². The fourth-order valence-electron chi connectivity index (χ4n) is 3.22. The first-order valence-electron chi connectivity index (χ1n) is 9.07. The molecule has 27 heavy (non-hydrogen) atoms. The molecule has 0 radical (unpaired) electrons. The molecule has 2 aromatic rings. The Morgan fingerprint density at radius 1 is 1.26 bits per heavy atom. The Bertz CT molecular complexity index is 811. The Hall–Kier alpha value is -2.12. The Balaban J connectivity index is 1.49. The molecular weight excluding hydrogens is 384 g/mol. The number of rotatable bonds is 5. The number of amides is 3. The van der Waals surface area contributed by atoms with Crippen molar-refractivity contribution >= 4 is 45.7 Å². The molecule has 1 aliphatic rings. The molecule has 2 atom stereocenters. The average molecular weight is 407 g/mol. The Morgan fingerprint density at radius 3 is 2.85 bits per heavy atom. The zero-order valence-corrected chi connectivity index (χ0v) is 16.7. The minimum Gasteiger partial charge on any atom is -0.353 e. The summed E-state index contributed by atoms with van der Waals surface area (Å²) in [5, 5.41) is 11.3. The summed E-state index contributed by atoms with van der Waals surface area (Å²) >= 11 is 7.19. The lowest BCUT2D eigenvalue weighted by atomic mass is 9.86. The van der Waals surface area contributed by atoms with Crippen LogP contribution in [0.2, 0.25) is 5.02 Å². The second-order valence-electron chi connectivity index (χ2n) is 6.85. The summed E-state index contributed by atoms with van der Waals surface area (Å²) in [4.78, 5) is 28.6. The van der Waals surface area contributed by atoms with E-state index in [9.17, 15) is 9.59 Å². The van der Waals surface area contributed by atoms with Gasteiger partial charge in [-0.3, -0.25) is 10.1 Å². The van der Waals surface area contributed by atoms with Gasteiger partial charge >= 0.3 is 6.03 Å². The van der Waals surface area contributed by atoms with Gasteiger partial charge in [-0.05, 0) is 37.0 Å². The SMILES string of the molecule is CC1CCCCC1NC(=O)Cc1csc(NC(=O)Nc2cccc(Cl)c2)n1. The lowest BCUT2D eigenvalue weighted by Crippen LogP contribution is -2.41. The fourth-order valence-corrected chi connectivity index (χ4v) is 4.12. The topological polar surface area (TPSA) is 83.1 Å². The average Bonchev–Trinajstić information content (AvgIpc) is 3.03. The lowest BCUT2D eigenvalue weighted by molar-refractivity contribution is -0.121. The molecule has 3 amide bonds. The number of aromatic nitrogens is 1. The maximum atomic E-state index is 12.3. The first-order chi connectivity index (χ1) is 13.0. The molecule has 0 bridgehead atoms. The highest BCUT2D eigenvalue weighted by atomic mass is 35.5. The first kappa shape index (κ1) is 19.6. The number of nitrogens with one attached hydrogen (secondary N) is 3. The van der Waals surface area contributed by atoms with Gasteiger partial charge in [-0.1, -0.05) is 37.4 Å². The third kappa shape index (κ3) is 5.94. The summed E-state index contributed by atoms with van der Waals surface area (Å²) in [6.45, 7) is 2.19. The molecule has 1 heterocycles. The summed E-state index contributed by atoms with van der Waals surface area (Å²) in [5.41, 5.74) is 1.25. The van der Waals surface area contributed by atoms with E-state index >= 15 is 0 Å². The van der Waals surface area contributed by atoms with E-state index in [0.29, 0.717) is 27.5 Å². The molecule has 3 N–H and O–H groups in total. The second-order valence-corrected chi connectivity index (χ2v) is 8.14. The Kier molecular flexibility index (Phi) is 6.68. The maximum absolute atomic E-state index is 12.3. The van der Waals surface area contributed by atoms with Crippen LogP contribution in [0.15, 0.2) is 29.6 Å². The fraction of sp³-hybridized carbons (Fsp3) is 0.421. The van der Waals surface area contributed by atoms with Crippen molar-refractivity contribution in [2.75, 3.05) is 10.6 Å². The molecule has 1 aliphatic carbocycles. The number of nitrogens with zero attached hydrogens (tertiary/aromatic N) is 1. The molecule has 3 rings (SSSR count). The normalized spacial score (nSPS) is 19.3. The minimum atomic E-state index is -0.404. The van der Waals surface area contributed by atoms with Gasteiger partial charge in [-0.25, -0.2) is 9.78 Å². The van der Waals surface area contributed by atoms with Crippen LogP contribution >= 0.6 is 22.9 Å². The molecule has 2 unspecified atom stereocenters. The van der Waals surface area contributed by atoms with Gasteiger partial charge in [0.15, 0.2) is 5.13 Å². The smallest absolute Gasteiger partial charge is 0.325 e. The van der Waals surface area contributed by atoms with Crippen molar-refractivity contribution in [2.24, 2.45) is 5.92 Å². The summed E-state index contributed by atoms with van der Waals surface area (Å²) in [7, 11) is 0. The molecule has 1 saturated carbocycles. The van der Waals surface area contributed by atoms with Crippen molar-refractivity contribution in [1.29, 1.82) is 0 Å². The predicted molar refractivity (Wildman–Crippen MR) is 109 cm³/mol. The summed E-state index contributed by atoms with van der Waals surface area (Å²) < 4.78 is 0. The number of halogens is 1. The molecule has 0 spiro atoms. The van der Waals surface area contributed by atoms with Crippen LogP contribution in [0.3, 0.4) is 0 Å². The van der Waals surface area contributed by atoms with Gasteiger partial charge in [0, 0.05) is 22.1 Å². The van der Waals surface area contributed by atoms with Crippen LogP contribution in [-0.4, -0.2) is 23.0 Å². The van der Waals surface area contributed by atoms with E-state index in [4.69, 9.17) is 11.6 Å². The van der Waals surface area contributed by atoms with Crippen molar-refractivity contribution < 1.29 is 9.59 Å². The van der Waals surface area contributed by atoms with Crippen LogP contribution in [0.5, 0.6) is 0 Å². The molecule has 1 aromatic carbocycles. The molecule has 6 nitrogen and oxygen atoms in total. The van der Waals surface area contributed by atoms with Gasteiger partial charge in [0.2, 0.25) is 5.91 Å². The zero-order valence-electron chi connectivity index (χ0n) is 15.1. The van der Waals surface area contributed by atoms with Crippen LogP contribution < -0.4 is 16.0 Å². The standard InChI is InChI=1S/C19H23ClN4O2S/c1-12-5-2-3-8-16(12)23-17(25)10-15-11-27-19(22-15)24-18(26)21-14-7-4-6-13(20)9-14/h4,6-7,9,11-12,16H,2-3,5,8,10H2,1H3,(H,23,25)(H2,21,22,24,26). The van der Waals surface area contributed by atoms with Crippen LogP contribution in [0, 0.1) is 5.92 Å². The van der Waals surface area contributed by atoms with Crippen molar-refractivity contribution in [3.63, 3.8) is 0 Å². The molecule has 1 fully saturated rings. The zero-order chi connectivity index (χ0) is 19.2. The number of hydrogen-bond acceptors (Lipinski definition) is 4. The molecule has 0 aliphatic heterocycles. The number of anilines is 2. The highest BCUT2D eigenvalue weighted by Crippen LogP contribution is 2.24. The molecule has 1 aromatic heterocycles. The van der Waals surface area contributed by atoms with Crippen LogP contribution in [0.25, 0.3) is 0 Å². The highest BCUT2D eigenvalue weighted by molar-refractivity contribution is 7.14. The number of thiazole rings is 1. The van der Waals surface area contributed by atoms with E-state index in [2.05, 4.69) is 27.9 Å². The van der Waals surface area contributed by atoms with Crippen LogP contribution in [0.4, 0.5) is 15.6 Å². The Morgan fingerprint density at radius 2 is 2.07 bits per heavy atom. The Labute approximate surface area is 167 Å². The van der Waals surface area contributed by atoms with E-state index in [-0.39, 0.29) is 18.4 Å². The minimum absolute atomic E-state index is 0.0195. The summed E-state index contributed by atoms with van der Waals surface area (Å²) in [6, 6.07) is 6.74. The number of hydrogen-bond donors (Lipinski definition) is 3. The predicted octanol–water partition coefficient (Wildman–Crippen LogP) is 4.68. The van der Waals surface area contributed by atoms with Crippen LogP contribution in [0.1, 0.15) is 38.3 Å². The summed E-state index contributed by atoms with van der Waals surface area (Å²) in [6.07, 6.45) is 4.84. The van der Waals surface area contributed by atoms with Crippen LogP contribution in [-0.2, 0) is 11.2 Å². The lowest BCUT2D eigenvalue weighted by Gasteiger charge is -2.29. The highest BCUT2D eigenvalue weighted by Gasteiger charge is 2.23. The molecule has 144 valence electrons. The van der Waals surface area contributed by atoms with Crippen molar-refractivity contribution in [2.45, 2.75) is 45.1 Å². The third-order valence-corrected chi connectivity index (χ3v) is 5.70. The van der Waals surface area contributed by atoms with Gasteiger partial charge < -0.3 is 10.6 Å². The van der Waals surface area contributed by atoms with Crippen molar-refractivity contribution in [3.05, 3.63) is 40.4 Å². The number of carbonyl (C=O) groups excluding carboxylic acids is 2. The van der Waals surface area contributed by atoms with E-state index in [1.54, 1.807) is 29.6 Å².